The number of fused-ring (bicyclic) bond motifs is 4. The molecule has 3 fully saturated rings. The van der Waals surface area contributed by atoms with Crippen LogP contribution in [0.4, 0.5) is 10.2 Å². The van der Waals surface area contributed by atoms with Crippen LogP contribution in [0.1, 0.15) is 39.0 Å². The summed E-state index contributed by atoms with van der Waals surface area (Å²) in [5.74, 6) is 0.182. The summed E-state index contributed by atoms with van der Waals surface area (Å²) in [7, 11) is 0.405. The number of halogens is 2. The minimum atomic E-state index is -1.73. The van der Waals surface area contributed by atoms with E-state index in [2.05, 4.69) is 34.1 Å². The standard InChI is InChI=1S/C35H42BClFN5O4/c1-21(16-42(2)26-8-5-6-12-46-20-26)19-47-35-40-33-29(34(41-35)43-17-24-10-11-25(18-43)39-24)15-30(37)31(32(33)38)28-14-23(36(44)45)13-22-7-3-4-9-27(22)28/h3-4,7,9,13-15,21,24-26,39,44-45H,5-6,8,10-12,16-20H2,1-2H3. The van der Waals surface area contributed by atoms with Crippen molar-refractivity contribution in [3.8, 4) is 17.1 Å². The van der Waals surface area contributed by atoms with Gasteiger partial charge in [-0.1, -0.05) is 54.9 Å². The zero-order valence-corrected chi connectivity index (χ0v) is 27.7. The Morgan fingerprint density at radius 1 is 1.11 bits per heavy atom. The summed E-state index contributed by atoms with van der Waals surface area (Å²) in [5.41, 5.74) is 0.967. The minimum absolute atomic E-state index is 0.120. The first-order valence-electron chi connectivity index (χ1n) is 16.8. The fourth-order valence-electron chi connectivity index (χ4n) is 7.52. The fraction of sp³-hybridized carbons (Fsp3) is 0.486. The number of nitrogens with one attached hydrogen (secondary N) is 1. The van der Waals surface area contributed by atoms with Crippen LogP contribution in [0.3, 0.4) is 0 Å². The second-order valence-electron chi connectivity index (χ2n) is 13.6. The van der Waals surface area contributed by atoms with Crippen molar-refractivity contribution in [3.05, 3.63) is 53.3 Å². The van der Waals surface area contributed by atoms with Crippen LogP contribution in [-0.2, 0) is 4.74 Å². The summed E-state index contributed by atoms with van der Waals surface area (Å²) in [6.45, 7) is 6.39. The molecule has 0 aliphatic carbocycles. The first-order chi connectivity index (χ1) is 22.7. The van der Waals surface area contributed by atoms with Crippen molar-refractivity contribution in [3.63, 3.8) is 0 Å². The number of nitrogens with zero attached hydrogens (tertiary/aromatic N) is 4. The van der Waals surface area contributed by atoms with Crippen molar-refractivity contribution in [2.24, 2.45) is 5.92 Å². The van der Waals surface area contributed by atoms with Gasteiger partial charge in [-0.25, -0.2) is 4.39 Å². The van der Waals surface area contributed by atoms with Gasteiger partial charge in [-0.2, -0.15) is 9.97 Å². The molecule has 7 rings (SSSR count). The van der Waals surface area contributed by atoms with Gasteiger partial charge in [0.1, 0.15) is 11.3 Å². The highest BCUT2D eigenvalue weighted by molar-refractivity contribution is 6.59. The molecule has 3 aromatic carbocycles. The quantitative estimate of drug-likeness (QED) is 0.226. The van der Waals surface area contributed by atoms with E-state index in [0.717, 1.165) is 69.3 Å². The van der Waals surface area contributed by atoms with Crippen LogP contribution in [0.5, 0.6) is 6.01 Å². The average Bonchev–Trinajstić information content (AvgIpc) is 3.23. The van der Waals surface area contributed by atoms with Crippen LogP contribution in [0.25, 0.3) is 32.8 Å². The predicted octanol–water partition coefficient (Wildman–Crippen LogP) is 4.38. The van der Waals surface area contributed by atoms with Crippen molar-refractivity contribution < 1.29 is 23.9 Å². The number of benzene rings is 3. The van der Waals surface area contributed by atoms with Gasteiger partial charge in [0.15, 0.2) is 5.82 Å². The number of ether oxygens (including phenoxy) is 2. The number of aromatic nitrogens is 2. The Balaban J connectivity index is 1.27. The molecule has 0 amide bonds. The zero-order valence-electron chi connectivity index (χ0n) is 27.0. The highest BCUT2D eigenvalue weighted by Gasteiger charge is 2.34. The number of rotatable bonds is 9. The van der Waals surface area contributed by atoms with Gasteiger partial charge in [0, 0.05) is 61.2 Å². The SMILES string of the molecule is CC(COc1nc(N2CC3CCC(C2)N3)c2cc(Cl)c(-c3cc(B(O)O)cc4ccccc34)c(F)c2n1)CN(C)C1CCCCOC1. The summed E-state index contributed by atoms with van der Waals surface area (Å²) in [6, 6.07) is 13.6. The average molecular weight is 662 g/mol. The van der Waals surface area contributed by atoms with E-state index in [0.29, 0.717) is 41.5 Å². The molecule has 4 aromatic rings. The van der Waals surface area contributed by atoms with Crippen molar-refractivity contribution in [1.29, 1.82) is 0 Å². The van der Waals surface area contributed by atoms with Crippen molar-refractivity contribution in [1.82, 2.24) is 20.2 Å². The van der Waals surface area contributed by atoms with Gasteiger partial charge >= 0.3 is 13.1 Å². The Labute approximate surface area is 280 Å². The molecule has 3 aliphatic rings. The summed E-state index contributed by atoms with van der Waals surface area (Å²) in [5, 5.41) is 25.9. The lowest BCUT2D eigenvalue weighted by Crippen LogP contribution is -2.51. The van der Waals surface area contributed by atoms with Crippen molar-refractivity contribution in [2.45, 2.75) is 57.2 Å². The van der Waals surface area contributed by atoms with Gasteiger partial charge in [-0.15, -0.1) is 0 Å². The Morgan fingerprint density at radius 2 is 1.89 bits per heavy atom. The molecule has 3 saturated heterocycles. The molecule has 4 unspecified atom stereocenters. The van der Waals surface area contributed by atoms with Crippen molar-refractivity contribution in [2.75, 3.05) is 51.4 Å². The van der Waals surface area contributed by atoms with Gasteiger partial charge in [0.05, 0.1) is 18.2 Å². The molecule has 248 valence electrons. The van der Waals surface area contributed by atoms with Crippen LogP contribution in [0.2, 0.25) is 5.02 Å². The van der Waals surface area contributed by atoms with Gasteiger partial charge in [-0.3, -0.25) is 0 Å². The van der Waals surface area contributed by atoms with Gasteiger partial charge in [-0.05, 0) is 67.0 Å². The van der Waals surface area contributed by atoms with Crippen LogP contribution in [-0.4, -0.2) is 96.7 Å². The Hall–Kier alpha value is -3.06. The molecule has 47 heavy (non-hydrogen) atoms. The largest absolute Gasteiger partial charge is 0.488 e. The molecule has 1 aromatic heterocycles. The maximum Gasteiger partial charge on any atom is 0.488 e. The van der Waals surface area contributed by atoms with Gasteiger partial charge < -0.3 is 34.6 Å². The third-order valence-electron chi connectivity index (χ3n) is 9.92. The summed E-state index contributed by atoms with van der Waals surface area (Å²) < 4.78 is 29.0. The first-order valence-corrected chi connectivity index (χ1v) is 17.1. The molecule has 0 radical (unpaired) electrons. The molecule has 3 N–H and O–H groups in total. The normalized spacial score (nSPS) is 22.2. The van der Waals surface area contributed by atoms with Crippen LogP contribution in [0.15, 0.2) is 42.5 Å². The molecule has 0 saturated carbocycles. The fourth-order valence-corrected chi connectivity index (χ4v) is 7.81. The Kier molecular flexibility index (Phi) is 9.55. The van der Waals surface area contributed by atoms with E-state index < -0.39 is 12.9 Å². The first kappa shape index (κ1) is 32.5. The smallest absolute Gasteiger partial charge is 0.463 e. The number of likely N-dealkylation sites (N-methyl/N-ethyl adjacent to an activating group) is 1. The van der Waals surface area contributed by atoms with Crippen LogP contribution < -0.4 is 20.4 Å². The second-order valence-corrected chi connectivity index (χ2v) is 14.0. The second kappa shape index (κ2) is 13.8. The number of hydrogen-bond donors (Lipinski definition) is 3. The van der Waals surface area contributed by atoms with E-state index in [4.69, 9.17) is 26.1 Å². The monoisotopic (exact) mass is 661 g/mol. The molecular weight excluding hydrogens is 620 g/mol. The molecule has 9 nitrogen and oxygen atoms in total. The third-order valence-corrected chi connectivity index (χ3v) is 10.2. The molecule has 3 aliphatic heterocycles. The van der Waals surface area contributed by atoms with Gasteiger partial charge in [0.2, 0.25) is 0 Å². The van der Waals surface area contributed by atoms with Crippen LogP contribution >= 0.6 is 11.6 Å². The zero-order chi connectivity index (χ0) is 32.7. The van der Waals surface area contributed by atoms with E-state index in [1.54, 1.807) is 18.2 Å². The van der Waals surface area contributed by atoms with E-state index in [9.17, 15) is 10.0 Å². The van der Waals surface area contributed by atoms with Crippen molar-refractivity contribution >= 4 is 51.7 Å². The number of hydrogen-bond acceptors (Lipinski definition) is 9. The summed E-state index contributed by atoms with van der Waals surface area (Å²) in [4.78, 5) is 14.1. The number of piperazine rings is 1. The van der Waals surface area contributed by atoms with E-state index in [-0.39, 0.29) is 33.5 Å². The minimum Gasteiger partial charge on any atom is -0.463 e. The molecule has 0 spiro atoms. The molecule has 12 heteroatoms. The topological polar surface area (TPSA) is 103 Å². The van der Waals surface area contributed by atoms with E-state index in [1.165, 1.54) is 6.42 Å². The lowest BCUT2D eigenvalue weighted by molar-refractivity contribution is 0.0741. The van der Waals surface area contributed by atoms with Crippen LogP contribution in [0, 0.1) is 11.7 Å². The summed E-state index contributed by atoms with van der Waals surface area (Å²) >= 11 is 6.92. The maximum absolute atomic E-state index is 17.0. The predicted molar refractivity (Wildman–Crippen MR) is 185 cm³/mol. The summed E-state index contributed by atoms with van der Waals surface area (Å²) in [6.07, 6.45) is 5.56. The molecule has 4 heterocycles. The molecular formula is C35H42BClFN5O4. The lowest BCUT2D eigenvalue weighted by Gasteiger charge is -2.34. The number of anilines is 1. The molecule has 4 atom stereocenters. The van der Waals surface area contributed by atoms with E-state index >= 15 is 4.39 Å². The Morgan fingerprint density at radius 3 is 2.68 bits per heavy atom. The highest BCUT2D eigenvalue weighted by atomic mass is 35.5. The Bertz CT molecular complexity index is 1740. The maximum atomic E-state index is 17.0. The molecule has 2 bridgehead atoms. The lowest BCUT2D eigenvalue weighted by atomic mass is 9.77. The highest BCUT2D eigenvalue weighted by Crippen LogP contribution is 2.41. The van der Waals surface area contributed by atoms with Gasteiger partial charge in [0.25, 0.3) is 0 Å². The van der Waals surface area contributed by atoms with E-state index in [1.807, 2.05) is 24.3 Å². The third kappa shape index (κ3) is 6.79.